The average Bonchev–Trinajstić information content (AvgIpc) is 3.09. The fourth-order valence-corrected chi connectivity index (χ4v) is 2.85. The summed E-state index contributed by atoms with van der Waals surface area (Å²) in [6.45, 7) is 13.4. The molecular weight excluding hydrogens is 368 g/mol. The largest absolute Gasteiger partial charge is 0.446 e. The van der Waals surface area contributed by atoms with Crippen LogP contribution in [0.3, 0.4) is 0 Å². The van der Waals surface area contributed by atoms with Crippen molar-refractivity contribution in [2.24, 2.45) is 11.8 Å². The summed E-state index contributed by atoms with van der Waals surface area (Å²) in [5.74, 6) is 0.671. The van der Waals surface area contributed by atoms with Crippen molar-refractivity contribution in [3.8, 4) is 0 Å². The number of oxazole rings is 1. The Balaban J connectivity index is 2.08. The van der Waals surface area contributed by atoms with E-state index in [-0.39, 0.29) is 30.1 Å². The van der Waals surface area contributed by atoms with Crippen LogP contribution in [0.4, 0.5) is 10.5 Å². The molecule has 0 spiro atoms. The van der Waals surface area contributed by atoms with Gasteiger partial charge in [0.25, 0.3) is 5.91 Å². The minimum absolute atomic E-state index is 0.187. The Bertz CT molecular complexity index is 842. The average molecular weight is 401 g/mol. The first-order chi connectivity index (χ1) is 13.7. The zero-order valence-electron chi connectivity index (χ0n) is 18.2. The second-order valence-electron chi connectivity index (χ2n) is 8.25. The number of carbonyl (C=O) groups is 2. The molecule has 2 N–H and O–H groups in total. The van der Waals surface area contributed by atoms with Crippen LogP contribution < -0.4 is 10.6 Å². The number of nitrogens with one attached hydrogen (secondary N) is 2. The lowest BCUT2D eigenvalue weighted by Gasteiger charge is -2.24. The maximum absolute atomic E-state index is 12.9. The highest BCUT2D eigenvalue weighted by molar-refractivity contribution is 5.92. The molecular formula is C22H32N4O3. The lowest BCUT2D eigenvalue weighted by atomic mass is 10.1. The highest BCUT2D eigenvalue weighted by Gasteiger charge is 2.20. The van der Waals surface area contributed by atoms with Gasteiger partial charge < -0.3 is 20.0 Å². The van der Waals surface area contributed by atoms with Crippen molar-refractivity contribution >= 4 is 17.6 Å². The molecule has 1 heterocycles. The molecule has 0 aliphatic rings. The maximum atomic E-state index is 12.9. The van der Waals surface area contributed by atoms with Gasteiger partial charge in [0.2, 0.25) is 5.89 Å². The Kier molecular flexibility index (Phi) is 7.82. The van der Waals surface area contributed by atoms with Crippen LogP contribution in [0.1, 0.15) is 55.2 Å². The van der Waals surface area contributed by atoms with Crippen molar-refractivity contribution in [3.05, 3.63) is 47.2 Å². The molecule has 7 heteroatoms. The van der Waals surface area contributed by atoms with E-state index >= 15 is 0 Å². The van der Waals surface area contributed by atoms with Gasteiger partial charge in [0.1, 0.15) is 6.26 Å². The molecule has 3 amide bonds. The van der Waals surface area contributed by atoms with Crippen LogP contribution in [0.5, 0.6) is 0 Å². The molecule has 2 rings (SSSR count). The van der Waals surface area contributed by atoms with Crippen LogP contribution >= 0.6 is 0 Å². The number of hydrogen-bond acceptors (Lipinski definition) is 4. The van der Waals surface area contributed by atoms with E-state index in [1.54, 1.807) is 4.90 Å². The summed E-state index contributed by atoms with van der Waals surface area (Å²) in [5.41, 5.74) is 3.14. The van der Waals surface area contributed by atoms with E-state index in [0.717, 1.165) is 16.8 Å². The van der Waals surface area contributed by atoms with E-state index in [1.807, 2.05) is 59.7 Å². The SMILES string of the molecule is Cc1ccc(NC(=O)N(Cc2nc(C(=O)NCC(C)C)co2)CC(C)C)c(C)c1. The fraction of sp³-hybridized carbons (Fsp3) is 0.500. The van der Waals surface area contributed by atoms with Crippen LogP contribution in [-0.2, 0) is 6.54 Å². The van der Waals surface area contributed by atoms with E-state index in [2.05, 4.69) is 15.6 Å². The predicted octanol–water partition coefficient (Wildman–Crippen LogP) is 4.37. The molecule has 7 nitrogen and oxygen atoms in total. The van der Waals surface area contributed by atoms with Gasteiger partial charge in [-0.15, -0.1) is 0 Å². The summed E-state index contributed by atoms with van der Waals surface area (Å²) in [6, 6.07) is 5.66. The third kappa shape index (κ3) is 6.93. The number of anilines is 1. The molecule has 0 radical (unpaired) electrons. The van der Waals surface area contributed by atoms with Crippen molar-refractivity contribution in [2.75, 3.05) is 18.4 Å². The number of amides is 3. The summed E-state index contributed by atoms with van der Waals surface area (Å²) in [4.78, 5) is 30.9. The predicted molar refractivity (Wildman–Crippen MR) is 114 cm³/mol. The molecule has 2 aromatic rings. The van der Waals surface area contributed by atoms with Gasteiger partial charge in [-0.3, -0.25) is 4.79 Å². The van der Waals surface area contributed by atoms with Crippen LogP contribution in [0, 0.1) is 25.7 Å². The number of hydrogen-bond donors (Lipinski definition) is 2. The van der Waals surface area contributed by atoms with E-state index < -0.39 is 0 Å². The molecule has 158 valence electrons. The topological polar surface area (TPSA) is 87.5 Å². The third-order valence-electron chi connectivity index (χ3n) is 4.28. The van der Waals surface area contributed by atoms with Gasteiger partial charge >= 0.3 is 6.03 Å². The fourth-order valence-electron chi connectivity index (χ4n) is 2.85. The summed E-state index contributed by atoms with van der Waals surface area (Å²) >= 11 is 0. The van der Waals surface area contributed by atoms with Gasteiger partial charge in [0.15, 0.2) is 5.69 Å². The molecule has 1 aromatic carbocycles. The molecule has 0 fully saturated rings. The Hall–Kier alpha value is -2.83. The minimum atomic E-state index is -0.274. The Morgan fingerprint density at radius 3 is 2.48 bits per heavy atom. The zero-order chi connectivity index (χ0) is 21.6. The van der Waals surface area contributed by atoms with Gasteiger partial charge in [-0.1, -0.05) is 45.4 Å². The number of rotatable bonds is 8. The van der Waals surface area contributed by atoms with E-state index in [9.17, 15) is 9.59 Å². The van der Waals surface area contributed by atoms with Crippen molar-refractivity contribution in [2.45, 2.75) is 48.1 Å². The molecule has 29 heavy (non-hydrogen) atoms. The molecule has 0 saturated heterocycles. The highest BCUT2D eigenvalue weighted by atomic mass is 16.3. The van der Waals surface area contributed by atoms with Crippen LogP contribution in [0.25, 0.3) is 0 Å². The lowest BCUT2D eigenvalue weighted by Crippen LogP contribution is -2.37. The molecule has 0 aliphatic heterocycles. The van der Waals surface area contributed by atoms with Crippen LogP contribution in [-0.4, -0.2) is 34.9 Å². The van der Waals surface area contributed by atoms with Gasteiger partial charge in [-0.2, -0.15) is 0 Å². The van der Waals surface area contributed by atoms with Crippen molar-refractivity contribution in [1.82, 2.24) is 15.2 Å². The molecule has 0 aliphatic carbocycles. The Morgan fingerprint density at radius 2 is 1.86 bits per heavy atom. The number of nitrogens with zero attached hydrogens (tertiary/aromatic N) is 2. The molecule has 0 unspecified atom stereocenters. The highest BCUT2D eigenvalue weighted by Crippen LogP contribution is 2.18. The smallest absolute Gasteiger partial charge is 0.322 e. The van der Waals surface area contributed by atoms with E-state index in [4.69, 9.17) is 4.42 Å². The molecule has 0 bridgehead atoms. The van der Waals surface area contributed by atoms with Crippen LogP contribution in [0.15, 0.2) is 28.9 Å². The summed E-state index contributed by atoms with van der Waals surface area (Å²) < 4.78 is 5.45. The first-order valence-corrected chi connectivity index (χ1v) is 10.0. The lowest BCUT2D eigenvalue weighted by molar-refractivity contribution is 0.0944. The number of aromatic nitrogens is 1. The van der Waals surface area contributed by atoms with Crippen LogP contribution in [0.2, 0.25) is 0 Å². The minimum Gasteiger partial charge on any atom is -0.446 e. The molecule has 0 atom stereocenters. The Morgan fingerprint density at radius 1 is 1.14 bits per heavy atom. The first kappa shape index (κ1) is 22.5. The molecule has 0 saturated carbocycles. The van der Waals surface area contributed by atoms with Gasteiger partial charge in [0, 0.05) is 18.8 Å². The molecule has 1 aromatic heterocycles. The number of aryl methyl sites for hydroxylation is 2. The third-order valence-corrected chi connectivity index (χ3v) is 4.28. The van der Waals surface area contributed by atoms with Crippen molar-refractivity contribution in [1.29, 1.82) is 0 Å². The second kappa shape index (κ2) is 10.1. The quantitative estimate of drug-likeness (QED) is 0.689. The number of urea groups is 1. The summed E-state index contributed by atoms with van der Waals surface area (Å²) in [6.07, 6.45) is 1.33. The monoisotopic (exact) mass is 400 g/mol. The van der Waals surface area contributed by atoms with E-state index in [0.29, 0.717) is 24.9 Å². The van der Waals surface area contributed by atoms with Gasteiger partial charge in [0.05, 0.1) is 6.54 Å². The number of benzene rings is 1. The summed E-state index contributed by atoms with van der Waals surface area (Å²) in [5, 5.41) is 5.77. The standard InChI is InChI=1S/C22H32N4O3/c1-14(2)10-23-21(27)19-13-29-20(24-19)12-26(11-15(3)4)22(28)25-18-8-7-16(5)9-17(18)6/h7-9,13-15H,10-12H2,1-6H3,(H,23,27)(H,25,28). The number of carbonyl (C=O) groups excluding carboxylic acids is 2. The first-order valence-electron chi connectivity index (χ1n) is 10.0. The Labute approximate surface area is 172 Å². The van der Waals surface area contributed by atoms with Gasteiger partial charge in [-0.05, 0) is 37.3 Å². The van der Waals surface area contributed by atoms with E-state index in [1.165, 1.54) is 6.26 Å². The normalized spacial score (nSPS) is 11.0. The summed E-state index contributed by atoms with van der Waals surface area (Å²) in [7, 11) is 0. The van der Waals surface area contributed by atoms with Gasteiger partial charge in [-0.25, -0.2) is 9.78 Å². The van der Waals surface area contributed by atoms with Crippen molar-refractivity contribution in [3.63, 3.8) is 0 Å². The van der Waals surface area contributed by atoms with Crippen molar-refractivity contribution < 1.29 is 14.0 Å². The maximum Gasteiger partial charge on any atom is 0.322 e. The zero-order valence-corrected chi connectivity index (χ0v) is 18.2. The second-order valence-corrected chi connectivity index (χ2v) is 8.25.